The highest BCUT2D eigenvalue weighted by Gasteiger charge is 2.17. The summed E-state index contributed by atoms with van der Waals surface area (Å²) in [7, 11) is 0. The lowest BCUT2D eigenvalue weighted by atomic mass is 10.3. The van der Waals surface area contributed by atoms with Gasteiger partial charge in [0.25, 0.3) is 0 Å². The van der Waals surface area contributed by atoms with E-state index in [0.29, 0.717) is 10.8 Å². The van der Waals surface area contributed by atoms with Gasteiger partial charge in [0.2, 0.25) is 5.91 Å². The highest BCUT2D eigenvalue weighted by molar-refractivity contribution is 7.80. The van der Waals surface area contributed by atoms with Gasteiger partial charge in [-0.25, -0.2) is 0 Å². The summed E-state index contributed by atoms with van der Waals surface area (Å²) in [4.78, 5) is 13.7. The normalized spacial score (nSPS) is 14.2. The molecule has 1 aromatic carbocycles. The van der Waals surface area contributed by atoms with Gasteiger partial charge in [0.15, 0.2) is 5.11 Å². The van der Waals surface area contributed by atoms with E-state index < -0.39 is 0 Å². The highest BCUT2D eigenvalue weighted by atomic mass is 32.1. The summed E-state index contributed by atoms with van der Waals surface area (Å²) < 4.78 is 0. The predicted octanol–water partition coefficient (Wildman–Crippen LogP) is 1.18. The van der Waals surface area contributed by atoms with E-state index in [1.807, 2.05) is 23.1 Å². The SMILES string of the molecule is Nc1ccccc1NC(=S)NCC(=O)N1CCCC1. The Hall–Kier alpha value is -1.82. The first kappa shape index (κ1) is 13.6. The summed E-state index contributed by atoms with van der Waals surface area (Å²) in [5, 5.41) is 6.30. The van der Waals surface area contributed by atoms with Crippen LogP contribution in [0, 0.1) is 0 Å². The Morgan fingerprint density at radius 3 is 2.68 bits per heavy atom. The summed E-state index contributed by atoms with van der Waals surface area (Å²) in [6, 6.07) is 7.36. The van der Waals surface area contributed by atoms with Crippen LogP contribution in [0.5, 0.6) is 0 Å². The van der Waals surface area contributed by atoms with Gasteiger partial charge in [-0.1, -0.05) is 12.1 Å². The summed E-state index contributed by atoms with van der Waals surface area (Å²) in [6.07, 6.45) is 2.18. The summed E-state index contributed by atoms with van der Waals surface area (Å²) >= 11 is 5.14. The Labute approximate surface area is 118 Å². The number of thiocarbonyl (C=S) groups is 1. The number of amides is 1. The monoisotopic (exact) mass is 278 g/mol. The Morgan fingerprint density at radius 1 is 1.32 bits per heavy atom. The van der Waals surface area contributed by atoms with Gasteiger partial charge < -0.3 is 21.3 Å². The Morgan fingerprint density at radius 2 is 2.00 bits per heavy atom. The average Bonchev–Trinajstić information content (AvgIpc) is 2.93. The van der Waals surface area contributed by atoms with Crippen molar-refractivity contribution in [3.8, 4) is 0 Å². The van der Waals surface area contributed by atoms with Gasteiger partial charge >= 0.3 is 0 Å². The van der Waals surface area contributed by atoms with Crippen molar-refractivity contribution >= 4 is 34.6 Å². The number of rotatable bonds is 3. The third-order valence-electron chi connectivity index (χ3n) is 3.07. The first-order chi connectivity index (χ1) is 9.16. The molecule has 6 heteroatoms. The maximum atomic E-state index is 11.8. The standard InChI is InChI=1S/C13H18N4OS/c14-10-5-1-2-6-11(10)16-13(19)15-9-12(18)17-7-3-4-8-17/h1-2,5-6H,3-4,7-9,14H2,(H2,15,16,19). The van der Waals surface area contributed by atoms with Crippen LogP contribution < -0.4 is 16.4 Å². The summed E-state index contributed by atoms with van der Waals surface area (Å²) in [5.74, 6) is 0.0858. The van der Waals surface area contributed by atoms with E-state index in [1.165, 1.54) is 0 Å². The van der Waals surface area contributed by atoms with Crippen molar-refractivity contribution in [2.75, 3.05) is 30.7 Å². The maximum absolute atomic E-state index is 11.8. The van der Waals surface area contributed by atoms with Crippen molar-refractivity contribution < 1.29 is 4.79 Å². The third kappa shape index (κ3) is 3.82. The van der Waals surface area contributed by atoms with Gasteiger partial charge in [-0.2, -0.15) is 0 Å². The van der Waals surface area contributed by atoms with Gasteiger partial charge in [-0.3, -0.25) is 4.79 Å². The number of nitrogens with two attached hydrogens (primary N) is 1. The second-order valence-electron chi connectivity index (χ2n) is 4.48. The zero-order valence-corrected chi connectivity index (χ0v) is 11.5. The van der Waals surface area contributed by atoms with Crippen molar-refractivity contribution in [2.45, 2.75) is 12.8 Å². The first-order valence-electron chi connectivity index (χ1n) is 6.34. The van der Waals surface area contributed by atoms with Gasteiger partial charge in [-0.05, 0) is 37.2 Å². The highest BCUT2D eigenvalue weighted by Crippen LogP contribution is 2.16. The molecule has 0 radical (unpaired) electrons. The number of nitrogens with one attached hydrogen (secondary N) is 2. The molecule has 1 aromatic rings. The fraction of sp³-hybridized carbons (Fsp3) is 0.385. The second-order valence-corrected chi connectivity index (χ2v) is 4.89. The number of carbonyl (C=O) groups is 1. The largest absolute Gasteiger partial charge is 0.397 e. The molecule has 0 spiro atoms. The minimum atomic E-state index is 0.0858. The molecular weight excluding hydrogens is 260 g/mol. The van der Waals surface area contributed by atoms with E-state index >= 15 is 0 Å². The third-order valence-corrected chi connectivity index (χ3v) is 3.31. The molecule has 0 bridgehead atoms. The van der Waals surface area contributed by atoms with E-state index in [0.717, 1.165) is 31.6 Å². The van der Waals surface area contributed by atoms with Crippen LogP contribution in [-0.4, -0.2) is 35.6 Å². The van der Waals surface area contributed by atoms with Crippen molar-refractivity contribution in [2.24, 2.45) is 0 Å². The summed E-state index contributed by atoms with van der Waals surface area (Å²) in [6.45, 7) is 1.93. The van der Waals surface area contributed by atoms with Crippen LogP contribution in [0.1, 0.15) is 12.8 Å². The van der Waals surface area contributed by atoms with Gasteiger partial charge in [0.05, 0.1) is 17.9 Å². The van der Waals surface area contributed by atoms with E-state index in [4.69, 9.17) is 18.0 Å². The van der Waals surface area contributed by atoms with Crippen molar-refractivity contribution in [1.82, 2.24) is 10.2 Å². The quantitative estimate of drug-likeness (QED) is 0.572. The molecule has 102 valence electrons. The predicted molar refractivity (Wildman–Crippen MR) is 80.9 cm³/mol. The molecule has 0 unspecified atom stereocenters. The van der Waals surface area contributed by atoms with Crippen LogP contribution in [0.2, 0.25) is 0 Å². The molecule has 1 heterocycles. The molecule has 0 saturated carbocycles. The lowest BCUT2D eigenvalue weighted by Gasteiger charge is -2.17. The minimum absolute atomic E-state index is 0.0858. The Kier molecular flexibility index (Phi) is 4.57. The molecule has 1 aliphatic rings. The molecule has 0 atom stereocenters. The number of benzene rings is 1. The number of para-hydroxylation sites is 2. The Balaban J connectivity index is 1.78. The topological polar surface area (TPSA) is 70.4 Å². The Bertz CT molecular complexity index is 471. The van der Waals surface area contributed by atoms with Crippen LogP contribution in [-0.2, 0) is 4.79 Å². The van der Waals surface area contributed by atoms with E-state index in [1.54, 1.807) is 6.07 Å². The molecular formula is C13H18N4OS. The first-order valence-corrected chi connectivity index (χ1v) is 6.75. The van der Waals surface area contributed by atoms with Crippen LogP contribution in [0.4, 0.5) is 11.4 Å². The molecule has 1 saturated heterocycles. The molecule has 0 aliphatic carbocycles. The number of anilines is 2. The minimum Gasteiger partial charge on any atom is -0.397 e. The van der Waals surface area contributed by atoms with E-state index in [9.17, 15) is 4.79 Å². The van der Waals surface area contributed by atoms with Crippen LogP contribution in [0.25, 0.3) is 0 Å². The van der Waals surface area contributed by atoms with Crippen molar-refractivity contribution in [3.63, 3.8) is 0 Å². The lowest BCUT2D eigenvalue weighted by Crippen LogP contribution is -2.40. The lowest BCUT2D eigenvalue weighted by molar-refractivity contribution is -0.128. The molecule has 1 amide bonds. The molecule has 1 aliphatic heterocycles. The average molecular weight is 278 g/mol. The maximum Gasteiger partial charge on any atom is 0.241 e. The number of likely N-dealkylation sites (tertiary alicyclic amines) is 1. The van der Waals surface area contributed by atoms with Crippen LogP contribution >= 0.6 is 12.2 Å². The molecule has 2 rings (SSSR count). The fourth-order valence-corrected chi connectivity index (χ4v) is 2.19. The zero-order valence-electron chi connectivity index (χ0n) is 10.7. The number of nitrogen functional groups attached to an aromatic ring is 1. The second kappa shape index (κ2) is 6.38. The van der Waals surface area contributed by atoms with Crippen LogP contribution in [0.3, 0.4) is 0 Å². The molecule has 5 nitrogen and oxygen atoms in total. The van der Waals surface area contributed by atoms with Crippen molar-refractivity contribution in [3.05, 3.63) is 24.3 Å². The smallest absolute Gasteiger partial charge is 0.241 e. The van der Waals surface area contributed by atoms with Crippen LogP contribution in [0.15, 0.2) is 24.3 Å². The zero-order chi connectivity index (χ0) is 13.7. The molecule has 0 aromatic heterocycles. The fourth-order valence-electron chi connectivity index (χ4n) is 2.01. The van der Waals surface area contributed by atoms with E-state index in [-0.39, 0.29) is 12.5 Å². The number of hydrogen-bond donors (Lipinski definition) is 3. The summed E-state index contributed by atoms with van der Waals surface area (Å²) in [5.41, 5.74) is 7.17. The molecule has 4 N–H and O–H groups in total. The number of nitrogens with zero attached hydrogens (tertiary/aromatic N) is 1. The molecule has 1 fully saturated rings. The van der Waals surface area contributed by atoms with Gasteiger partial charge in [0.1, 0.15) is 0 Å². The van der Waals surface area contributed by atoms with Crippen molar-refractivity contribution in [1.29, 1.82) is 0 Å². The van der Waals surface area contributed by atoms with Gasteiger partial charge in [0, 0.05) is 13.1 Å². The number of carbonyl (C=O) groups excluding carboxylic acids is 1. The molecule has 19 heavy (non-hydrogen) atoms. The number of hydrogen-bond acceptors (Lipinski definition) is 3. The van der Waals surface area contributed by atoms with E-state index in [2.05, 4.69) is 10.6 Å². The van der Waals surface area contributed by atoms with Gasteiger partial charge in [-0.15, -0.1) is 0 Å².